The van der Waals surface area contributed by atoms with E-state index in [0.717, 1.165) is 6.42 Å². The summed E-state index contributed by atoms with van der Waals surface area (Å²) in [6.07, 6.45) is 1.68. The van der Waals surface area contributed by atoms with Crippen molar-refractivity contribution in [2.75, 3.05) is 6.54 Å². The Morgan fingerprint density at radius 3 is 2.53 bits per heavy atom. The summed E-state index contributed by atoms with van der Waals surface area (Å²) >= 11 is 0. The van der Waals surface area contributed by atoms with Crippen molar-refractivity contribution in [3.63, 3.8) is 0 Å². The number of carbonyl (C=O) groups is 3. The molecule has 0 aromatic heterocycles. The van der Waals surface area contributed by atoms with E-state index in [1.165, 1.54) is 13.8 Å². The molecule has 3 N–H and O–H groups in total. The van der Waals surface area contributed by atoms with Gasteiger partial charge in [0.1, 0.15) is 6.04 Å². The average Bonchev–Trinajstić information content (AvgIpc) is 2.27. The maximum absolute atomic E-state index is 11.6. The smallest absolute Gasteiger partial charge is 0.329 e. The fourth-order valence-corrected chi connectivity index (χ4v) is 1.28. The average molecular weight is 244 g/mol. The summed E-state index contributed by atoms with van der Waals surface area (Å²) in [6, 6.07) is -0.707. The zero-order valence-corrected chi connectivity index (χ0v) is 10.3. The number of carbonyl (C=O) groups excluding carboxylic acids is 3. The Morgan fingerprint density at radius 1 is 1.41 bits per heavy atom. The van der Waals surface area contributed by atoms with Crippen molar-refractivity contribution >= 4 is 18.2 Å². The van der Waals surface area contributed by atoms with E-state index in [4.69, 9.17) is 10.5 Å². The first kappa shape index (κ1) is 15.6. The first-order chi connectivity index (χ1) is 8.01. The van der Waals surface area contributed by atoms with Crippen molar-refractivity contribution < 1.29 is 19.1 Å². The van der Waals surface area contributed by atoms with Gasteiger partial charge in [-0.05, 0) is 32.7 Å². The summed E-state index contributed by atoms with van der Waals surface area (Å²) in [6.45, 7) is 3.33. The van der Waals surface area contributed by atoms with Crippen LogP contribution in [0.25, 0.3) is 0 Å². The Morgan fingerprint density at radius 2 is 2.06 bits per heavy atom. The molecule has 0 rings (SSSR count). The van der Waals surface area contributed by atoms with E-state index < -0.39 is 18.1 Å². The molecule has 17 heavy (non-hydrogen) atoms. The van der Waals surface area contributed by atoms with Gasteiger partial charge in [-0.2, -0.15) is 0 Å². The summed E-state index contributed by atoms with van der Waals surface area (Å²) in [4.78, 5) is 32.9. The highest BCUT2D eigenvalue weighted by Gasteiger charge is 2.22. The number of aldehydes is 1. The molecule has 6 heteroatoms. The van der Waals surface area contributed by atoms with Gasteiger partial charge in [-0.25, -0.2) is 4.79 Å². The highest BCUT2D eigenvalue weighted by molar-refractivity contribution is 5.84. The fourth-order valence-electron chi connectivity index (χ4n) is 1.28. The maximum atomic E-state index is 11.6. The monoisotopic (exact) mass is 244 g/mol. The van der Waals surface area contributed by atoms with Crippen LogP contribution >= 0.6 is 0 Å². The van der Waals surface area contributed by atoms with E-state index in [1.54, 1.807) is 0 Å². The lowest BCUT2D eigenvalue weighted by Gasteiger charge is -2.17. The van der Waals surface area contributed by atoms with Crippen LogP contribution in [0.3, 0.4) is 0 Å². The second-order valence-electron chi connectivity index (χ2n) is 3.82. The minimum absolute atomic E-state index is 0.307. The lowest BCUT2D eigenvalue weighted by atomic mass is 10.1. The number of esters is 1. The summed E-state index contributed by atoms with van der Waals surface area (Å²) in [7, 11) is 0. The molecule has 0 radical (unpaired) electrons. The number of unbranched alkanes of at least 4 members (excludes halogenated alkanes) is 1. The molecule has 0 aliphatic heterocycles. The molecule has 0 saturated heterocycles. The van der Waals surface area contributed by atoms with E-state index in [-0.39, 0.29) is 5.91 Å². The van der Waals surface area contributed by atoms with Crippen molar-refractivity contribution in [1.29, 1.82) is 0 Å². The Balaban J connectivity index is 4.28. The predicted molar refractivity (Wildman–Crippen MR) is 62.1 cm³/mol. The third kappa shape index (κ3) is 7.46. The molecule has 0 aliphatic rings. The van der Waals surface area contributed by atoms with Crippen LogP contribution in [0.1, 0.15) is 33.1 Å². The van der Waals surface area contributed by atoms with Gasteiger partial charge in [0.05, 0.1) is 0 Å². The lowest BCUT2D eigenvalue weighted by Crippen LogP contribution is -2.42. The molecule has 1 amide bonds. The van der Waals surface area contributed by atoms with Crippen molar-refractivity contribution in [3.05, 3.63) is 0 Å². The van der Waals surface area contributed by atoms with Crippen molar-refractivity contribution in [1.82, 2.24) is 5.32 Å². The largest absolute Gasteiger partial charge is 0.453 e. The minimum Gasteiger partial charge on any atom is -0.453 e. The molecule has 2 atom stereocenters. The van der Waals surface area contributed by atoms with Crippen LogP contribution in [-0.4, -0.2) is 36.9 Å². The lowest BCUT2D eigenvalue weighted by molar-refractivity contribution is -0.154. The highest BCUT2D eigenvalue weighted by Crippen LogP contribution is 2.04. The van der Waals surface area contributed by atoms with E-state index >= 15 is 0 Å². The Kier molecular flexibility index (Phi) is 7.96. The second-order valence-corrected chi connectivity index (χ2v) is 3.82. The van der Waals surface area contributed by atoms with Gasteiger partial charge in [0, 0.05) is 6.92 Å². The van der Waals surface area contributed by atoms with Crippen LogP contribution in [0.2, 0.25) is 0 Å². The standard InChI is InChI=1S/C11H20N2O4/c1-8(7-14)17-11(16)10(13-9(2)15)5-3-4-6-12/h7-8,10H,3-6,12H2,1-2H3,(H,13,15). The van der Waals surface area contributed by atoms with Gasteiger partial charge in [0.25, 0.3) is 0 Å². The van der Waals surface area contributed by atoms with Gasteiger partial charge in [-0.15, -0.1) is 0 Å². The van der Waals surface area contributed by atoms with Crippen molar-refractivity contribution in [2.45, 2.75) is 45.3 Å². The van der Waals surface area contributed by atoms with Gasteiger partial charge in [-0.1, -0.05) is 0 Å². The van der Waals surface area contributed by atoms with Crippen LogP contribution in [0, 0.1) is 0 Å². The van der Waals surface area contributed by atoms with Crippen LogP contribution in [0.5, 0.6) is 0 Å². The molecule has 0 saturated carbocycles. The van der Waals surface area contributed by atoms with E-state index in [0.29, 0.717) is 25.7 Å². The molecule has 0 heterocycles. The molecule has 0 aromatic rings. The quantitative estimate of drug-likeness (QED) is 0.348. The number of hydrogen-bond acceptors (Lipinski definition) is 5. The third-order valence-corrected chi connectivity index (χ3v) is 2.10. The second kappa shape index (κ2) is 8.69. The predicted octanol–water partition coefficient (Wildman–Crippen LogP) is -0.249. The number of rotatable bonds is 8. The molecule has 0 spiro atoms. The first-order valence-electron chi connectivity index (χ1n) is 5.64. The fraction of sp³-hybridized carbons (Fsp3) is 0.727. The van der Waals surface area contributed by atoms with Gasteiger partial charge in [0.2, 0.25) is 5.91 Å². The van der Waals surface area contributed by atoms with Crippen LogP contribution in [0.15, 0.2) is 0 Å². The molecule has 0 aliphatic carbocycles. The SMILES string of the molecule is CC(=O)NC(CCCCN)C(=O)OC(C)C=O. The normalized spacial score (nSPS) is 13.6. The highest BCUT2D eigenvalue weighted by atomic mass is 16.5. The number of hydrogen-bond donors (Lipinski definition) is 2. The summed E-state index contributed by atoms with van der Waals surface area (Å²) < 4.78 is 4.84. The zero-order valence-electron chi connectivity index (χ0n) is 10.3. The molecule has 0 aromatic carbocycles. The van der Waals surface area contributed by atoms with E-state index in [2.05, 4.69) is 5.32 Å². The Labute approximate surface area is 101 Å². The molecule has 2 unspecified atom stereocenters. The zero-order chi connectivity index (χ0) is 13.3. The van der Waals surface area contributed by atoms with Crippen LogP contribution < -0.4 is 11.1 Å². The van der Waals surface area contributed by atoms with Gasteiger partial charge in [0.15, 0.2) is 12.4 Å². The Bertz CT molecular complexity index is 268. The third-order valence-electron chi connectivity index (χ3n) is 2.10. The number of nitrogens with one attached hydrogen (secondary N) is 1. The summed E-state index contributed by atoms with van der Waals surface area (Å²) in [5.41, 5.74) is 5.34. The van der Waals surface area contributed by atoms with Gasteiger partial charge >= 0.3 is 5.97 Å². The van der Waals surface area contributed by atoms with Crippen molar-refractivity contribution in [3.8, 4) is 0 Å². The molecule has 0 fully saturated rings. The maximum Gasteiger partial charge on any atom is 0.329 e. The molecular formula is C11H20N2O4. The molecule has 0 bridgehead atoms. The summed E-state index contributed by atoms with van der Waals surface area (Å²) in [5.74, 6) is -0.893. The van der Waals surface area contributed by atoms with Crippen LogP contribution in [0.4, 0.5) is 0 Å². The Hall–Kier alpha value is -1.43. The number of nitrogens with two attached hydrogens (primary N) is 1. The molecule has 98 valence electrons. The minimum atomic E-state index is -0.798. The van der Waals surface area contributed by atoms with Gasteiger partial charge < -0.3 is 15.8 Å². The van der Waals surface area contributed by atoms with E-state index in [1.807, 2.05) is 0 Å². The molecule has 6 nitrogen and oxygen atoms in total. The molecular weight excluding hydrogens is 224 g/mol. The first-order valence-corrected chi connectivity index (χ1v) is 5.64. The van der Waals surface area contributed by atoms with Gasteiger partial charge in [-0.3, -0.25) is 9.59 Å². The number of ether oxygens (including phenoxy) is 1. The van der Waals surface area contributed by atoms with Crippen LogP contribution in [-0.2, 0) is 19.1 Å². The number of amides is 1. The summed E-state index contributed by atoms with van der Waals surface area (Å²) in [5, 5.41) is 2.50. The topological polar surface area (TPSA) is 98.5 Å². The van der Waals surface area contributed by atoms with E-state index in [9.17, 15) is 14.4 Å². The van der Waals surface area contributed by atoms with Crippen molar-refractivity contribution in [2.24, 2.45) is 5.73 Å².